The predicted octanol–water partition coefficient (Wildman–Crippen LogP) is 9.14. The number of aryl methyl sites for hydroxylation is 3. The Morgan fingerprint density at radius 1 is 0.881 bits per heavy atom. The van der Waals surface area contributed by atoms with Crippen molar-refractivity contribution in [2.45, 2.75) is 127 Å². The summed E-state index contributed by atoms with van der Waals surface area (Å²) in [5, 5.41) is 19.1. The first-order valence-electron chi connectivity index (χ1n) is 15.7. The topological polar surface area (TPSA) is 99.4 Å². The van der Waals surface area contributed by atoms with Gasteiger partial charge in [0.2, 0.25) is 6.41 Å². The average Bonchev–Trinajstić information content (AvgIpc) is 3.01. The van der Waals surface area contributed by atoms with E-state index in [0.29, 0.717) is 13.0 Å². The Labute approximate surface area is 258 Å². The van der Waals surface area contributed by atoms with Crippen LogP contribution >= 0.6 is 0 Å². The number of ether oxygens (including phenoxy) is 1. The van der Waals surface area contributed by atoms with Gasteiger partial charge >= 0.3 is 0 Å². The number of hydrogen-bond acceptors (Lipinski definition) is 5. The molecule has 240 valence electrons. The van der Waals surface area contributed by atoms with E-state index in [0.717, 1.165) is 32.0 Å². The first kappa shape index (κ1) is 46.0. The van der Waals surface area contributed by atoms with Crippen molar-refractivity contribution in [3.8, 4) is 17.2 Å². The second kappa shape index (κ2) is 38.0. The minimum Gasteiger partial charge on any atom is -0.368 e. The highest BCUT2D eigenvalue weighted by Crippen LogP contribution is 2.22. The Hall–Kier alpha value is -3.01. The van der Waals surface area contributed by atoms with Crippen LogP contribution in [0.25, 0.3) is 11.1 Å². The molecule has 0 heterocycles. The van der Waals surface area contributed by atoms with Crippen molar-refractivity contribution < 1.29 is 19.4 Å². The number of aldehydes is 1. The van der Waals surface area contributed by atoms with E-state index in [-0.39, 0.29) is 6.54 Å². The molecule has 1 unspecified atom stereocenters. The molecule has 42 heavy (non-hydrogen) atoms. The van der Waals surface area contributed by atoms with Crippen LogP contribution in [0.15, 0.2) is 42.5 Å². The van der Waals surface area contributed by atoms with Crippen molar-refractivity contribution in [1.82, 2.24) is 5.32 Å². The van der Waals surface area contributed by atoms with Gasteiger partial charge in [0.05, 0.1) is 6.07 Å². The Bertz CT molecular complexity index is 875. The first-order chi connectivity index (χ1) is 20.3. The van der Waals surface area contributed by atoms with Gasteiger partial charge in [-0.1, -0.05) is 122 Å². The Morgan fingerprint density at radius 2 is 1.43 bits per heavy atom. The van der Waals surface area contributed by atoms with Crippen LogP contribution in [-0.4, -0.2) is 37.2 Å². The molecule has 0 aliphatic rings. The van der Waals surface area contributed by atoms with Crippen molar-refractivity contribution in [2.75, 3.05) is 13.2 Å². The van der Waals surface area contributed by atoms with Crippen LogP contribution in [0.5, 0.6) is 0 Å². The lowest BCUT2D eigenvalue weighted by Gasteiger charge is -2.09. The molecule has 0 fully saturated rings. The standard InChI is InChI=1S/C16H18.C9H20O2.C4H10.C3H4N2O.C2H4O.C2H6/c1-4-14-9-10-16(11-13(14)3)15-7-5-12(2)6-8-15;1-3-5-6-7-9(10)11-8-4-2;1-3-4-2;4-1-2-5-3-6;1-2-3;1-2/h5-11H,4H2,1-3H3;9-10H,3-8H2,1-2H3;3-4H2,1-2H3;3H,2H2,(H,5,6);2H,1H3;1-2H3. The number of hydrogen-bond donors (Lipinski definition) is 2. The Morgan fingerprint density at radius 3 is 1.81 bits per heavy atom. The second-order valence-corrected chi connectivity index (χ2v) is 9.07. The normalized spacial score (nSPS) is 9.48. The van der Waals surface area contributed by atoms with E-state index in [4.69, 9.17) is 14.8 Å². The van der Waals surface area contributed by atoms with E-state index >= 15 is 0 Å². The number of rotatable bonds is 12. The van der Waals surface area contributed by atoms with Crippen molar-refractivity contribution in [3.05, 3.63) is 59.2 Å². The van der Waals surface area contributed by atoms with Crippen molar-refractivity contribution >= 4 is 12.7 Å². The molecule has 0 saturated heterocycles. The molecular formula is C36H62N2O4. The van der Waals surface area contributed by atoms with Crippen LogP contribution in [-0.2, 0) is 20.7 Å². The van der Waals surface area contributed by atoms with E-state index in [1.807, 2.05) is 20.8 Å². The Balaban J connectivity index is -0.000000241. The first-order valence-corrected chi connectivity index (χ1v) is 15.7. The fourth-order valence-corrected chi connectivity index (χ4v) is 3.01. The number of aliphatic hydroxyl groups excluding tert-OH is 1. The lowest BCUT2D eigenvalue weighted by Crippen LogP contribution is -2.11. The summed E-state index contributed by atoms with van der Waals surface area (Å²) >= 11 is 0. The fourth-order valence-electron chi connectivity index (χ4n) is 3.01. The largest absolute Gasteiger partial charge is 0.368 e. The molecule has 6 heteroatoms. The molecule has 0 radical (unpaired) electrons. The van der Waals surface area contributed by atoms with Crippen molar-refractivity contribution in [2.24, 2.45) is 0 Å². The number of nitrogens with zero attached hydrogens (tertiary/aromatic N) is 1. The molecule has 2 rings (SSSR count). The van der Waals surface area contributed by atoms with Crippen LogP contribution in [0.1, 0.15) is 117 Å². The molecule has 1 atom stereocenters. The third-order valence-electron chi connectivity index (χ3n) is 5.44. The molecule has 0 aromatic heterocycles. The van der Waals surface area contributed by atoms with E-state index in [9.17, 15) is 9.90 Å². The molecular weight excluding hydrogens is 524 g/mol. The maximum Gasteiger partial charge on any atom is 0.207 e. The van der Waals surface area contributed by atoms with Crippen molar-refractivity contribution in [3.63, 3.8) is 0 Å². The van der Waals surface area contributed by atoms with Gasteiger partial charge in [-0.05, 0) is 68.7 Å². The zero-order valence-corrected chi connectivity index (χ0v) is 28.5. The van der Waals surface area contributed by atoms with Crippen LogP contribution in [0.4, 0.5) is 0 Å². The highest BCUT2D eigenvalue weighted by atomic mass is 16.6. The van der Waals surface area contributed by atoms with Gasteiger partial charge < -0.3 is 20.0 Å². The highest BCUT2D eigenvalue weighted by Gasteiger charge is 2.02. The predicted molar refractivity (Wildman–Crippen MR) is 180 cm³/mol. The zero-order valence-electron chi connectivity index (χ0n) is 28.5. The van der Waals surface area contributed by atoms with Crippen LogP contribution in [0, 0.1) is 25.2 Å². The number of nitrogens with one attached hydrogen (secondary N) is 1. The number of unbranched alkanes of at least 4 members (excludes halogenated alkanes) is 3. The maximum absolute atomic E-state index is 9.30. The van der Waals surface area contributed by atoms with E-state index in [1.165, 1.54) is 60.4 Å². The summed E-state index contributed by atoms with van der Waals surface area (Å²) in [7, 11) is 0. The molecule has 0 spiro atoms. The van der Waals surface area contributed by atoms with Gasteiger partial charge in [-0.25, -0.2) is 0 Å². The van der Waals surface area contributed by atoms with Gasteiger partial charge in [-0.15, -0.1) is 0 Å². The van der Waals surface area contributed by atoms with E-state index in [1.54, 1.807) is 6.07 Å². The molecule has 0 bridgehead atoms. The summed E-state index contributed by atoms with van der Waals surface area (Å²) in [6, 6.07) is 17.2. The molecule has 2 aromatic carbocycles. The van der Waals surface area contributed by atoms with Gasteiger partial charge in [0, 0.05) is 6.61 Å². The number of carbonyl (C=O) groups excluding carboxylic acids is 2. The lowest BCUT2D eigenvalue weighted by atomic mass is 9.98. The van der Waals surface area contributed by atoms with Gasteiger partial charge in [0.15, 0.2) is 6.29 Å². The minimum atomic E-state index is -0.526. The maximum atomic E-state index is 9.30. The molecule has 0 saturated carbocycles. The molecule has 6 nitrogen and oxygen atoms in total. The minimum absolute atomic E-state index is 0.101. The highest BCUT2D eigenvalue weighted by molar-refractivity contribution is 5.65. The monoisotopic (exact) mass is 586 g/mol. The second-order valence-electron chi connectivity index (χ2n) is 9.07. The summed E-state index contributed by atoms with van der Waals surface area (Å²) in [4.78, 5) is 18.1. The molecule has 1 amide bonds. The molecule has 2 aromatic rings. The number of benzene rings is 2. The summed E-state index contributed by atoms with van der Waals surface area (Å²) in [5.41, 5.74) is 6.76. The summed E-state index contributed by atoms with van der Waals surface area (Å²) in [6.45, 7) is 21.3. The van der Waals surface area contributed by atoms with Crippen LogP contribution in [0.2, 0.25) is 0 Å². The summed E-state index contributed by atoms with van der Waals surface area (Å²) in [6.07, 6.45) is 9.68. The smallest absolute Gasteiger partial charge is 0.207 e. The SMILES string of the molecule is CC.CC=O.CCCC.CCCCCC(O)OCCC.CCc1ccc(-c2ccc(C)cc2)cc1C.N#CCNC=O. The van der Waals surface area contributed by atoms with Crippen LogP contribution in [0.3, 0.4) is 0 Å². The molecule has 0 aliphatic heterocycles. The zero-order chi connectivity index (χ0) is 33.0. The van der Waals surface area contributed by atoms with Crippen LogP contribution < -0.4 is 5.32 Å². The van der Waals surface area contributed by atoms with E-state index in [2.05, 4.69) is 89.3 Å². The number of amides is 1. The van der Waals surface area contributed by atoms with Gasteiger partial charge in [-0.2, -0.15) is 5.26 Å². The summed E-state index contributed by atoms with van der Waals surface area (Å²) < 4.78 is 5.09. The number of carbonyl (C=O) groups is 2. The van der Waals surface area contributed by atoms with Gasteiger partial charge in [-0.3, -0.25) is 4.79 Å². The number of aliphatic hydroxyl groups is 1. The summed E-state index contributed by atoms with van der Waals surface area (Å²) in [5.74, 6) is 0. The lowest BCUT2D eigenvalue weighted by molar-refractivity contribution is -0.109. The Kier molecular flexibility index (Phi) is 41.6. The van der Waals surface area contributed by atoms with Gasteiger partial charge in [0.1, 0.15) is 12.8 Å². The van der Waals surface area contributed by atoms with Crippen molar-refractivity contribution in [1.29, 1.82) is 5.26 Å². The third-order valence-corrected chi connectivity index (χ3v) is 5.44. The molecule has 0 aliphatic carbocycles. The number of nitriles is 1. The van der Waals surface area contributed by atoms with Gasteiger partial charge in [0.25, 0.3) is 0 Å². The fraction of sp³-hybridized carbons (Fsp3) is 0.583. The van der Waals surface area contributed by atoms with E-state index < -0.39 is 6.29 Å². The molecule has 2 N–H and O–H groups in total. The quantitative estimate of drug-likeness (QED) is 0.112. The average molecular weight is 587 g/mol. The third kappa shape index (κ3) is 31.5.